The Kier molecular flexibility index (Phi) is 5.19. The van der Waals surface area contributed by atoms with Crippen LogP contribution in [0.4, 0.5) is 5.69 Å². The summed E-state index contributed by atoms with van der Waals surface area (Å²) < 4.78 is 11.2. The maximum Gasteiger partial charge on any atom is 0.265 e. The van der Waals surface area contributed by atoms with Gasteiger partial charge in [0.2, 0.25) is 0 Å². The molecule has 0 heterocycles. The Labute approximate surface area is 147 Å². The molecule has 0 aliphatic carbocycles. The predicted molar refractivity (Wildman–Crippen MR) is 100 cm³/mol. The molecule has 3 rings (SSSR count). The number of rotatable bonds is 6. The molecule has 1 N–H and O–H groups in total. The van der Waals surface area contributed by atoms with Gasteiger partial charge in [-0.3, -0.25) is 4.79 Å². The van der Waals surface area contributed by atoms with Gasteiger partial charge in [-0.05, 0) is 61.0 Å². The highest BCUT2D eigenvalue weighted by atomic mass is 16.5. The lowest BCUT2D eigenvalue weighted by Gasteiger charge is -2.15. The van der Waals surface area contributed by atoms with Gasteiger partial charge < -0.3 is 14.8 Å². The van der Waals surface area contributed by atoms with Crippen molar-refractivity contribution in [3.8, 4) is 11.5 Å². The van der Waals surface area contributed by atoms with Crippen molar-refractivity contribution in [1.29, 1.82) is 0 Å². The summed E-state index contributed by atoms with van der Waals surface area (Å²) in [6, 6.07) is 21.1. The van der Waals surface area contributed by atoms with E-state index in [1.165, 1.54) is 0 Å². The van der Waals surface area contributed by atoms with E-state index in [1.54, 1.807) is 6.92 Å². The van der Waals surface area contributed by atoms with E-state index in [2.05, 4.69) is 5.32 Å². The highest BCUT2D eigenvalue weighted by Gasteiger charge is 2.15. The van der Waals surface area contributed by atoms with E-state index in [0.29, 0.717) is 18.0 Å². The molecule has 0 unspecified atom stereocenters. The predicted octanol–water partition coefficient (Wildman–Crippen LogP) is 4.64. The molecule has 0 aliphatic heterocycles. The van der Waals surface area contributed by atoms with Crippen molar-refractivity contribution in [3.63, 3.8) is 0 Å². The zero-order chi connectivity index (χ0) is 17.6. The summed E-state index contributed by atoms with van der Waals surface area (Å²) in [6.45, 7) is 4.28. The minimum absolute atomic E-state index is 0.197. The number of anilines is 1. The van der Waals surface area contributed by atoms with Crippen LogP contribution in [0, 0.1) is 0 Å². The number of fused-ring (bicyclic) bond motifs is 1. The van der Waals surface area contributed by atoms with Gasteiger partial charge >= 0.3 is 0 Å². The molecule has 0 saturated carbocycles. The van der Waals surface area contributed by atoms with Crippen molar-refractivity contribution < 1.29 is 14.3 Å². The van der Waals surface area contributed by atoms with Crippen molar-refractivity contribution in [2.24, 2.45) is 0 Å². The lowest BCUT2D eigenvalue weighted by atomic mass is 10.1. The summed E-state index contributed by atoms with van der Waals surface area (Å²) in [5.41, 5.74) is 0.711. The summed E-state index contributed by atoms with van der Waals surface area (Å²) in [6.07, 6.45) is -0.604. The normalized spacial score (nSPS) is 11.8. The van der Waals surface area contributed by atoms with Crippen molar-refractivity contribution in [2.75, 3.05) is 11.9 Å². The first kappa shape index (κ1) is 16.8. The smallest absolute Gasteiger partial charge is 0.265 e. The first-order valence-electron chi connectivity index (χ1n) is 8.35. The fourth-order valence-corrected chi connectivity index (χ4v) is 2.54. The average Bonchev–Trinajstić information content (AvgIpc) is 2.63. The van der Waals surface area contributed by atoms with Crippen LogP contribution in [0.1, 0.15) is 13.8 Å². The maximum absolute atomic E-state index is 12.3. The highest BCUT2D eigenvalue weighted by molar-refractivity contribution is 5.94. The zero-order valence-corrected chi connectivity index (χ0v) is 14.4. The standard InChI is InChI=1S/C21H21NO3/c1-3-24-19-12-9-18(10-13-19)22-21(23)15(2)25-20-11-8-16-6-4-5-7-17(16)14-20/h4-15H,3H2,1-2H3,(H,22,23)/t15-/m0/s1. The molecular weight excluding hydrogens is 314 g/mol. The van der Waals surface area contributed by atoms with Crippen LogP contribution in [0.5, 0.6) is 11.5 Å². The van der Waals surface area contributed by atoms with Gasteiger partial charge in [0.1, 0.15) is 11.5 Å². The molecule has 0 spiro atoms. The van der Waals surface area contributed by atoms with Crippen molar-refractivity contribution in [2.45, 2.75) is 20.0 Å². The quantitative estimate of drug-likeness (QED) is 0.713. The monoisotopic (exact) mass is 335 g/mol. The molecule has 4 heteroatoms. The number of amides is 1. The zero-order valence-electron chi connectivity index (χ0n) is 14.4. The van der Waals surface area contributed by atoms with Crippen LogP contribution in [0.2, 0.25) is 0 Å². The second-order valence-electron chi connectivity index (χ2n) is 5.72. The minimum atomic E-state index is -0.604. The topological polar surface area (TPSA) is 47.6 Å². The average molecular weight is 335 g/mol. The van der Waals surface area contributed by atoms with Crippen molar-refractivity contribution in [3.05, 3.63) is 66.7 Å². The van der Waals surface area contributed by atoms with Crippen molar-refractivity contribution >= 4 is 22.4 Å². The van der Waals surface area contributed by atoms with Gasteiger partial charge in [-0.1, -0.05) is 30.3 Å². The molecule has 1 atom stereocenters. The van der Waals surface area contributed by atoms with Gasteiger partial charge in [-0.2, -0.15) is 0 Å². The fraction of sp³-hybridized carbons (Fsp3) is 0.190. The summed E-state index contributed by atoms with van der Waals surface area (Å²) in [5.74, 6) is 1.26. The number of ether oxygens (including phenoxy) is 2. The Bertz CT molecular complexity index is 858. The van der Waals surface area contributed by atoms with E-state index in [0.717, 1.165) is 16.5 Å². The van der Waals surface area contributed by atoms with Gasteiger partial charge in [0.05, 0.1) is 6.61 Å². The molecule has 0 aliphatic rings. The molecular formula is C21H21NO3. The molecule has 1 amide bonds. The van der Waals surface area contributed by atoms with E-state index in [4.69, 9.17) is 9.47 Å². The fourth-order valence-electron chi connectivity index (χ4n) is 2.54. The Morgan fingerprint density at radius 2 is 1.64 bits per heavy atom. The molecule has 4 nitrogen and oxygen atoms in total. The summed E-state index contributed by atoms with van der Waals surface area (Å²) in [7, 11) is 0. The highest BCUT2D eigenvalue weighted by Crippen LogP contribution is 2.22. The Balaban J connectivity index is 1.63. The van der Waals surface area contributed by atoms with Crippen LogP contribution in [0.15, 0.2) is 66.7 Å². The second kappa shape index (κ2) is 7.71. The molecule has 128 valence electrons. The van der Waals surface area contributed by atoms with Crippen LogP contribution < -0.4 is 14.8 Å². The summed E-state index contributed by atoms with van der Waals surface area (Å²) >= 11 is 0. The van der Waals surface area contributed by atoms with E-state index in [9.17, 15) is 4.79 Å². The van der Waals surface area contributed by atoms with E-state index in [1.807, 2.05) is 73.7 Å². The molecule has 3 aromatic carbocycles. The van der Waals surface area contributed by atoms with Gasteiger partial charge in [0, 0.05) is 5.69 Å². The van der Waals surface area contributed by atoms with Gasteiger partial charge in [0.15, 0.2) is 6.10 Å². The lowest BCUT2D eigenvalue weighted by molar-refractivity contribution is -0.122. The van der Waals surface area contributed by atoms with Crippen LogP contribution in [0.3, 0.4) is 0 Å². The third-order valence-corrected chi connectivity index (χ3v) is 3.84. The molecule has 25 heavy (non-hydrogen) atoms. The largest absolute Gasteiger partial charge is 0.494 e. The van der Waals surface area contributed by atoms with Gasteiger partial charge in [-0.15, -0.1) is 0 Å². The number of hydrogen-bond donors (Lipinski definition) is 1. The van der Waals surface area contributed by atoms with Gasteiger partial charge in [-0.25, -0.2) is 0 Å². The number of carbonyl (C=O) groups is 1. The Morgan fingerprint density at radius 1 is 0.960 bits per heavy atom. The third kappa shape index (κ3) is 4.29. The third-order valence-electron chi connectivity index (χ3n) is 3.84. The van der Waals surface area contributed by atoms with Crippen LogP contribution in [-0.4, -0.2) is 18.6 Å². The van der Waals surface area contributed by atoms with Crippen molar-refractivity contribution in [1.82, 2.24) is 0 Å². The molecule has 3 aromatic rings. The molecule has 0 bridgehead atoms. The number of carbonyl (C=O) groups excluding carboxylic acids is 1. The number of benzene rings is 3. The number of nitrogens with one attached hydrogen (secondary N) is 1. The summed E-state index contributed by atoms with van der Waals surface area (Å²) in [4.78, 5) is 12.3. The minimum Gasteiger partial charge on any atom is -0.494 e. The summed E-state index contributed by atoms with van der Waals surface area (Å²) in [5, 5.41) is 5.07. The van der Waals surface area contributed by atoms with E-state index < -0.39 is 6.10 Å². The van der Waals surface area contributed by atoms with Crippen LogP contribution >= 0.6 is 0 Å². The van der Waals surface area contributed by atoms with Gasteiger partial charge in [0.25, 0.3) is 5.91 Å². The maximum atomic E-state index is 12.3. The SMILES string of the molecule is CCOc1ccc(NC(=O)[C@H](C)Oc2ccc3ccccc3c2)cc1. The molecule has 0 fully saturated rings. The second-order valence-corrected chi connectivity index (χ2v) is 5.72. The van der Waals surface area contributed by atoms with Crippen LogP contribution in [-0.2, 0) is 4.79 Å². The van der Waals surface area contributed by atoms with Crippen LogP contribution in [0.25, 0.3) is 10.8 Å². The van der Waals surface area contributed by atoms with E-state index >= 15 is 0 Å². The molecule has 0 saturated heterocycles. The first-order valence-corrected chi connectivity index (χ1v) is 8.35. The Hall–Kier alpha value is -3.01. The molecule has 0 radical (unpaired) electrons. The molecule has 0 aromatic heterocycles. The first-order chi connectivity index (χ1) is 12.2. The van der Waals surface area contributed by atoms with E-state index in [-0.39, 0.29) is 5.91 Å². The Morgan fingerprint density at radius 3 is 2.36 bits per heavy atom. The lowest BCUT2D eigenvalue weighted by Crippen LogP contribution is -2.30. The number of hydrogen-bond acceptors (Lipinski definition) is 3.